The Morgan fingerprint density at radius 2 is 2.10 bits per heavy atom. The fraction of sp³-hybridized carbons (Fsp3) is 0.286. The van der Waals surface area contributed by atoms with Crippen LogP contribution in [0, 0.1) is 0 Å². The molecule has 0 aliphatic carbocycles. The molecule has 0 spiro atoms. The second-order valence-electron chi connectivity index (χ2n) is 5.38. The highest BCUT2D eigenvalue weighted by molar-refractivity contribution is 6.33. The van der Waals surface area contributed by atoms with E-state index in [1.54, 1.807) is 13.8 Å². The minimum atomic E-state index is -1.08. The summed E-state index contributed by atoms with van der Waals surface area (Å²) >= 11 is 6.04. The number of nitrogens with one attached hydrogen (secondary N) is 2. The molecule has 7 heteroatoms. The number of anilines is 2. The van der Waals surface area contributed by atoms with Crippen molar-refractivity contribution in [3.05, 3.63) is 29.4 Å². The number of carboxylic acid groups (broad SMARTS) is 1. The van der Waals surface area contributed by atoms with Gasteiger partial charge in [0.1, 0.15) is 0 Å². The van der Waals surface area contributed by atoms with Gasteiger partial charge in [-0.05, 0) is 19.9 Å². The number of rotatable bonds is 4. The zero-order valence-corrected chi connectivity index (χ0v) is 12.5. The quantitative estimate of drug-likeness (QED) is 0.651. The topological polar surface area (TPSA) is 100 Å². The predicted octanol–water partition coefficient (Wildman–Crippen LogP) is 2.93. The fourth-order valence-corrected chi connectivity index (χ4v) is 2.22. The van der Waals surface area contributed by atoms with Crippen molar-refractivity contribution >= 4 is 40.0 Å². The summed E-state index contributed by atoms with van der Waals surface area (Å²) in [6, 6.07) is 7.46. The second-order valence-corrected chi connectivity index (χ2v) is 5.73. The smallest absolute Gasteiger partial charge is 0.405 e. The maximum atomic E-state index is 10.8. The van der Waals surface area contributed by atoms with Crippen LogP contribution in [0.4, 0.5) is 16.2 Å². The lowest BCUT2D eigenvalue weighted by Crippen LogP contribution is -2.47. The first-order chi connectivity index (χ1) is 9.80. The molecule has 0 unspecified atom stereocenters. The molecule has 0 radical (unpaired) electrons. The third kappa shape index (κ3) is 3.46. The van der Waals surface area contributed by atoms with Gasteiger partial charge in [0.15, 0.2) is 5.15 Å². The van der Waals surface area contributed by atoms with Gasteiger partial charge in [0.25, 0.3) is 0 Å². The van der Waals surface area contributed by atoms with Crippen molar-refractivity contribution in [3.63, 3.8) is 0 Å². The molecule has 1 amide bonds. The fourth-order valence-electron chi connectivity index (χ4n) is 2.03. The Balaban J connectivity index is 2.34. The van der Waals surface area contributed by atoms with Crippen molar-refractivity contribution in [2.75, 3.05) is 17.6 Å². The Kier molecular flexibility index (Phi) is 4.09. The molecule has 1 aromatic carbocycles. The van der Waals surface area contributed by atoms with Gasteiger partial charge in [-0.15, -0.1) is 0 Å². The molecule has 1 heterocycles. The molecule has 0 atom stereocenters. The van der Waals surface area contributed by atoms with Crippen LogP contribution < -0.4 is 16.4 Å². The zero-order valence-electron chi connectivity index (χ0n) is 11.8. The van der Waals surface area contributed by atoms with E-state index in [0.29, 0.717) is 17.9 Å². The average Bonchev–Trinajstić information content (AvgIpc) is 2.37. The third-order valence-corrected chi connectivity index (χ3v) is 3.32. The number of hydrogen-bond acceptors (Lipinski definition) is 4. The SMILES string of the molecule is CC(C)(CNc1c(N)c(Cl)nc2ccccc12)NC(=O)O. The number of para-hydroxylation sites is 1. The largest absolute Gasteiger partial charge is 0.465 e. The van der Waals surface area contributed by atoms with Crippen molar-refractivity contribution in [1.29, 1.82) is 0 Å². The molecule has 5 N–H and O–H groups in total. The Morgan fingerprint density at radius 3 is 2.76 bits per heavy atom. The summed E-state index contributed by atoms with van der Waals surface area (Å²) in [6.45, 7) is 3.90. The van der Waals surface area contributed by atoms with Crippen LogP contribution >= 0.6 is 11.6 Å². The maximum absolute atomic E-state index is 10.8. The van der Waals surface area contributed by atoms with Crippen molar-refractivity contribution in [3.8, 4) is 0 Å². The van der Waals surface area contributed by atoms with E-state index in [4.69, 9.17) is 22.4 Å². The normalized spacial score (nSPS) is 11.4. The van der Waals surface area contributed by atoms with E-state index >= 15 is 0 Å². The lowest BCUT2D eigenvalue weighted by molar-refractivity contribution is 0.183. The number of nitrogen functional groups attached to an aromatic ring is 1. The summed E-state index contributed by atoms with van der Waals surface area (Å²) in [4.78, 5) is 15.0. The van der Waals surface area contributed by atoms with Gasteiger partial charge in [0, 0.05) is 11.9 Å². The predicted molar refractivity (Wildman–Crippen MR) is 84.9 cm³/mol. The van der Waals surface area contributed by atoms with E-state index in [0.717, 1.165) is 10.9 Å². The van der Waals surface area contributed by atoms with Crippen LogP contribution in [0.3, 0.4) is 0 Å². The number of hydrogen-bond donors (Lipinski definition) is 4. The van der Waals surface area contributed by atoms with Gasteiger partial charge in [0.05, 0.1) is 22.4 Å². The summed E-state index contributed by atoms with van der Waals surface area (Å²) in [5.74, 6) is 0. The molecule has 2 rings (SSSR count). The maximum Gasteiger partial charge on any atom is 0.405 e. The van der Waals surface area contributed by atoms with E-state index in [9.17, 15) is 4.79 Å². The summed E-state index contributed by atoms with van der Waals surface area (Å²) in [5, 5.41) is 15.5. The number of aromatic nitrogens is 1. The van der Waals surface area contributed by atoms with Crippen molar-refractivity contribution in [2.24, 2.45) is 0 Å². The Bertz CT molecular complexity index is 688. The first kappa shape index (κ1) is 15.2. The third-order valence-electron chi connectivity index (χ3n) is 3.04. The molecule has 0 aliphatic rings. The molecule has 0 saturated heterocycles. The van der Waals surface area contributed by atoms with Crippen molar-refractivity contribution in [2.45, 2.75) is 19.4 Å². The van der Waals surface area contributed by atoms with Gasteiger partial charge in [-0.3, -0.25) is 0 Å². The Hall–Kier alpha value is -2.21. The summed E-state index contributed by atoms with van der Waals surface area (Å²) in [5.41, 5.74) is 7.06. The monoisotopic (exact) mass is 308 g/mol. The number of nitrogens with zero attached hydrogens (tertiary/aromatic N) is 1. The molecular weight excluding hydrogens is 292 g/mol. The molecule has 21 heavy (non-hydrogen) atoms. The number of fused-ring (bicyclic) bond motifs is 1. The lowest BCUT2D eigenvalue weighted by Gasteiger charge is -2.26. The highest BCUT2D eigenvalue weighted by atomic mass is 35.5. The van der Waals surface area contributed by atoms with E-state index in [-0.39, 0.29) is 5.15 Å². The van der Waals surface area contributed by atoms with Crippen LogP contribution in [-0.2, 0) is 0 Å². The van der Waals surface area contributed by atoms with Crippen LogP contribution in [0.25, 0.3) is 10.9 Å². The van der Waals surface area contributed by atoms with Crippen LogP contribution in [0.2, 0.25) is 5.15 Å². The van der Waals surface area contributed by atoms with Gasteiger partial charge in [-0.25, -0.2) is 9.78 Å². The summed E-state index contributed by atoms with van der Waals surface area (Å²) in [7, 11) is 0. The highest BCUT2D eigenvalue weighted by Gasteiger charge is 2.21. The first-order valence-corrected chi connectivity index (χ1v) is 6.77. The van der Waals surface area contributed by atoms with E-state index in [2.05, 4.69) is 15.6 Å². The number of halogens is 1. The average molecular weight is 309 g/mol. The molecule has 2 aromatic rings. The number of pyridine rings is 1. The number of carbonyl (C=O) groups is 1. The summed E-state index contributed by atoms with van der Waals surface area (Å²) < 4.78 is 0. The van der Waals surface area contributed by atoms with Gasteiger partial charge in [-0.2, -0.15) is 0 Å². The van der Waals surface area contributed by atoms with Gasteiger partial charge in [-0.1, -0.05) is 29.8 Å². The zero-order chi connectivity index (χ0) is 15.6. The van der Waals surface area contributed by atoms with Crippen LogP contribution in [0.15, 0.2) is 24.3 Å². The van der Waals surface area contributed by atoms with Gasteiger partial charge < -0.3 is 21.5 Å². The number of benzene rings is 1. The molecule has 112 valence electrons. The molecule has 0 aliphatic heterocycles. The van der Waals surface area contributed by atoms with Gasteiger partial charge >= 0.3 is 6.09 Å². The highest BCUT2D eigenvalue weighted by Crippen LogP contribution is 2.33. The lowest BCUT2D eigenvalue weighted by atomic mass is 10.1. The van der Waals surface area contributed by atoms with Crippen molar-refractivity contribution in [1.82, 2.24) is 10.3 Å². The summed E-state index contributed by atoms with van der Waals surface area (Å²) in [6.07, 6.45) is -1.08. The molecular formula is C14H17ClN4O2. The van der Waals surface area contributed by atoms with Crippen LogP contribution in [-0.4, -0.2) is 28.3 Å². The molecule has 0 bridgehead atoms. The minimum absolute atomic E-state index is 0.222. The molecule has 0 fully saturated rings. The second kappa shape index (κ2) is 5.65. The number of amides is 1. The molecule has 6 nitrogen and oxygen atoms in total. The molecule has 0 saturated carbocycles. The standard InChI is InChI=1S/C14H17ClN4O2/c1-14(2,19-13(20)21)7-17-11-8-5-3-4-6-9(8)18-12(15)10(11)16/h3-6,19H,7,16H2,1-2H3,(H,17,18)(H,20,21). The van der Waals surface area contributed by atoms with Crippen LogP contribution in [0.1, 0.15) is 13.8 Å². The van der Waals surface area contributed by atoms with Crippen molar-refractivity contribution < 1.29 is 9.90 Å². The Labute approximate surface area is 127 Å². The van der Waals surface area contributed by atoms with Gasteiger partial charge in [0.2, 0.25) is 0 Å². The van der Waals surface area contributed by atoms with Crippen LogP contribution in [0.5, 0.6) is 0 Å². The number of nitrogens with two attached hydrogens (primary N) is 1. The van der Waals surface area contributed by atoms with E-state index < -0.39 is 11.6 Å². The van der Waals surface area contributed by atoms with E-state index in [1.165, 1.54) is 0 Å². The molecule has 1 aromatic heterocycles. The Morgan fingerprint density at radius 1 is 1.43 bits per heavy atom. The minimum Gasteiger partial charge on any atom is -0.465 e. The first-order valence-electron chi connectivity index (χ1n) is 6.39. The van der Waals surface area contributed by atoms with E-state index in [1.807, 2.05) is 24.3 Å².